The molecule has 1 aliphatic rings. The number of rotatable bonds is 8. The van der Waals surface area contributed by atoms with Crippen molar-refractivity contribution in [3.8, 4) is 17.0 Å². The second kappa shape index (κ2) is 12.5. The average Bonchev–Trinajstić information content (AvgIpc) is 2.96. The number of carbonyl (C=O) groups is 2. The molecule has 0 N–H and O–H groups in total. The molecule has 0 spiro atoms. The molecule has 2 amide bonds. The number of benzene rings is 2. The molecule has 8 nitrogen and oxygen atoms in total. The zero-order valence-electron chi connectivity index (χ0n) is 23.3. The molecule has 0 aliphatic carbocycles. The number of nitrogens with zero attached hydrogens (tertiary/aromatic N) is 5. The van der Waals surface area contributed by atoms with E-state index in [1.165, 1.54) is 30.2 Å². The van der Waals surface area contributed by atoms with Gasteiger partial charge in [-0.2, -0.15) is 0 Å². The molecule has 210 valence electrons. The summed E-state index contributed by atoms with van der Waals surface area (Å²) in [7, 11) is 3.15. The number of hydrogen-bond acceptors (Lipinski definition) is 5. The summed E-state index contributed by atoms with van der Waals surface area (Å²) in [5, 5.41) is 0.189. The first-order valence-corrected chi connectivity index (χ1v) is 13.4. The maximum Gasteiger partial charge on any atom is 0.219 e. The first kappa shape index (κ1) is 29.0. The topological polar surface area (TPSA) is 78.3 Å². The van der Waals surface area contributed by atoms with Crippen LogP contribution in [0.5, 0.6) is 5.75 Å². The van der Waals surface area contributed by atoms with Crippen molar-refractivity contribution in [2.24, 2.45) is 4.99 Å². The van der Waals surface area contributed by atoms with Crippen LogP contribution >= 0.6 is 11.6 Å². The molecule has 2 heterocycles. The normalized spacial score (nSPS) is 15.8. The van der Waals surface area contributed by atoms with E-state index < -0.39 is 5.82 Å². The van der Waals surface area contributed by atoms with Gasteiger partial charge in [0.1, 0.15) is 17.4 Å². The number of methoxy groups -OCH3 is 1. The van der Waals surface area contributed by atoms with E-state index in [2.05, 4.69) is 9.89 Å². The molecular formula is C30H33ClFN5O3. The summed E-state index contributed by atoms with van der Waals surface area (Å²) in [6.45, 7) is 7.65. The van der Waals surface area contributed by atoms with Crippen LogP contribution in [0.15, 0.2) is 53.5 Å². The van der Waals surface area contributed by atoms with E-state index in [1.807, 2.05) is 45.0 Å². The lowest BCUT2D eigenvalue weighted by Gasteiger charge is -2.40. The van der Waals surface area contributed by atoms with E-state index >= 15 is 4.39 Å². The van der Waals surface area contributed by atoms with E-state index in [0.29, 0.717) is 48.9 Å². The van der Waals surface area contributed by atoms with E-state index in [4.69, 9.17) is 21.3 Å². The Hall–Kier alpha value is -3.98. The molecule has 1 atom stereocenters. The Bertz CT molecular complexity index is 1430. The highest BCUT2D eigenvalue weighted by molar-refractivity contribution is 6.33. The third-order valence-corrected chi connectivity index (χ3v) is 7.36. The van der Waals surface area contributed by atoms with Gasteiger partial charge >= 0.3 is 0 Å². The monoisotopic (exact) mass is 565 g/mol. The molecule has 0 saturated carbocycles. The van der Waals surface area contributed by atoms with Crippen molar-refractivity contribution in [1.29, 1.82) is 0 Å². The van der Waals surface area contributed by atoms with Crippen molar-refractivity contribution in [1.82, 2.24) is 14.8 Å². The van der Waals surface area contributed by atoms with Gasteiger partial charge in [0.2, 0.25) is 12.8 Å². The van der Waals surface area contributed by atoms with Gasteiger partial charge in [-0.05, 0) is 48.7 Å². The summed E-state index contributed by atoms with van der Waals surface area (Å²) in [6.07, 6.45) is 1.54. The molecule has 1 fully saturated rings. The summed E-state index contributed by atoms with van der Waals surface area (Å²) in [6, 6.07) is 13.5. The smallest absolute Gasteiger partial charge is 0.219 e. The number of para-hydroxylation sites is 1. The summed E-state index contributed by atoms with van der Waals surface area (Å²) in [5.41, 5.74) is 2.41. The van der Waals surface area contributed by atoms with Crippen molar-refractivity contribution in [2.75, 3.05) is 38.7 Å². The van der Waals surface area contributed by atoms with Gasteiger partial charge in [0.25, 0.3) is 0 Å². The lowest BCUT2D eigenvalue weighted by Crippen LogP contribution is -2.53. The Kier molecular flexibility index (Phi) is 9.04. The summed E-state index contributed by atoms with van der Waals surface area (Å²) in [4.78, 5) is 38.9. The third-order valence-electron chi connectivity index (χ3n) is 7.07. The number of aromatic nitrogens is 1. The fourth-order valence-electron chi connectivity index (χ4n) is 5.04. The van der Waals surface area contributed by atoms with Gasteiger partial charge in [-0.15, -0.1) is 0 Å². The summed E-state index contributed by atoms with van der Waals surface area (Å²) >= 11 is 6.80. The molecule has 3 aromatic rings. The van der Waals surface area contributed by atoms with Crippen LogP contribution in [-0.2, 0) is 9.59 Å². The van der Waals surface area contributed by atoms with Crippen molar-refractivity contribution in [2.45, 2.75) is 32.7 Å². The molecular weight excluding hydrogens is 533 g/mol. The highest BCUT2D eigenvalue weighted by Crippen LogP contribution is 2.39. The minimum absolute atomic E-state index is 0.0626. The number of anilines is 2. The zero-order chi connectivity index (χ0) is 29.0. The van der Waals surface area contributed by atoms with Gasteiger partial charge in [-0.3, -0.25) is 19.5 Å². The summed E-state index contributed by atoms with van der Waals surface area (Å²) in [5.74, 6) is 0.844. The summed E-state index contributed by atoms with van der Waals surface area (Å²) < 4.78 is 20.4. The van der Waals surface area contributed by atoms with Crippen molar-refractivity contribution >= 4 is 41.8 Å². The minimum Gasteiger partial charge on any atom is -0.497 e. The number of hydrogen-bond donors (Lipinski definition) is 0. The number of amidine groups is 1. The van der Waals surface area contributed by atoms with Crippen LogP contribution < -0.4 is 9.64 Å². The van der Waals surface area contributed by atoms with Crippen LogP contribution in [0.2, 0.25) is 5.02 Å². The molecule has 10 heteroatoms. The molecule has 1 unspecified atom stereocenters. The highest BCUT2D eigenvalue weighted by Gasteiger charge is 2.31. The second-order valence-electron chi connectivity index (χ2n) is 9.91. The van der Waals surface area contributed by atoms with Gasteiger partial charge in [-0.25, -0.2) is 9.37 Å². The first-order valence-electron chi connectivity index (χ1n) is 13.0. The Morgan fingerprint density at radius 1 is 1.20 bits per heavy atom. The third kappa shape index (κ3) is 5.65. The molecule has 0 radical (unpaired) electrons. The number of halogens is 2. The maximum absolute atomic E-state index is 15.1. The molecule has 2 aromatic carbocycles. The lowest BCUT2D eigenvalue weighted by molar-refractivity contribution is -0.120. The average molecular weight is 566 g/mol. The van der Waals surface area contributed by atoms with Crippen molar-refractivity contribution in [3.05, 3.63) is 70.5 Å². The first-order chi connectivity index (χ1) is 19.2. The fourth-order valence-corrected chi connectivity index (χ4v) is 5.30. The van der Waals surface area contributed by atoms with E-state index in [1.54, 1.807) is 18.0 Å². The van der Waals surface area contributed by atoms with Gasteiger partial charge in [0.05, 0.1) is 29.1 Å². The van der Waals surface area contributed by atoms with E-state index in [0.717, 1.165) is 12.0 Å². The number of amides is 2. The largest absolute Gasteiger partial charge is 0.497 e. The Labute approximate surface area is 239 Å². The quantitative estimate of drug-likeness (QED) is 0.204. The van der Waals surface area contributed by atoms with E-state index in [9.17, 15) is 9.59 Å². The van der Waals surface area contributed by atoms with Gasteiger partial charge in [-0.1, -0.05) is 43.6 Å². The Morgan fingerprint density at radius 3 is 2.58 bits per heavy atom. The predicted molar refractivity (Wildman–Crippen MR) is 156 cm³/mol. The van der Waals surface area contributed by atoms with Crippen LogP contribution in [-0.4, -0.2) is 73.3 Å². The SMILES string of the molecule is CN=C(c1cc(Cl)c(-c2cc(OC)ccc2F)nc1N(C=O)c1ccccc1C(C)C)N1CCN(C=O)CC1C. The predicted octanol–water partition coefficient (Wildman–Crippen LogP) is 5.51. The molecule has 40 heavy (non-hydrogen) atoms. The highest BCUT2D eigenvalue weighted by atomic mass is 35.5. The Morgan fingerprint density at radius 2 is 1.95 bits per heavy atom. The second-order valence-corrected chi connectivity index (χ2v) is 10.3. The minimum atomic E-state index is -0.530. The molecule has 0 bridgehead atoms. The van der Waals surface area contributed by atoms with Crippen LogP contribution in [0.25, 0.3) is 11.3 Å². The van der Waals surface area contributed by atoms with Crippen LogP contribution in [0.4, 0.5) is 15.9 Å². The van der Waals surface area contributed by atoms with Gasteiger partial charge in [0.15, 0.2) is 5.82 Å². The van der Waals surface area contributed by atoms with Crippen molar-refractivity contribution in [3.63, 3.8) is 0 Å². The number of pyridine rings is 1. The Balaban J connectivity index is 1.98. The van der Waals surface area contributed by atoms with Gasteiger partial charge in [0, 0.05) is 38.3 Å². The number of carbonyl (C=O) groups excluding carboxylic acids is 2. The molecule has 4 rings (SSSR count). The zero-order valence-corrected chi connectivity index (χ0v) is 24.0. The number of ether oxygens (including phenoxy) is 1. The molecule has 1 saturated heterocycles. The lowest BCUT2D eigenvalue weighted by atomic mass is 10.00. The van der Waals surface area contributed by atoms with Crippen molar-refractivity contribution < 1.29 is 18.7 Å². The van der Waals surface area contributed by atoms with E-state index in [-0.39, 0.29) is 34.1 Å². The fraction of sp³-hybridized carbons (Fsp3) is 0.333. The van der Waals surface area contributed by atoms with Gasteiger partial charge < -0.3 is 14.5 Å². The number of piperazine rings is 1. The molecule has 1 aliphatic heterocycles. The standard InChI is InChI=1S/C30H33ClFN5O3/c1-19(2)22-8-6-7-9-27(22)37(18-39)30-24(29(33-4)36-13-12-35(17-38)16-20(36)3)15-25(31)28(34-30)23-14-21(40-5)10-11-26(23)32/h6-11,14-15,17-20H,12-13,16H2,1-5H3. The molecule has 1 aromatic heterocycles. The van der Waals surface area contributed by atoms with Crippen LogP contribution in [0, 0.1) is 5.82 Å². The van der Waals surface area contributed by atoms with Crippen LogP contribution in [0.3, 0.4) is 0 Å². The van der Waals surface area contributed by atoms with Crippen LogP contribution in [0.1, 0.15) is 37.8 Å². The maximum atomic E-state index is 15.1. The number of aliphatic imine (C=N–C) groups is 1.